The van der Waals surface area contributed by atoms with Crippen LogP contribution in [-0.4, -0.2) is 11.8 Å². The van der Waals surface area contributed by atoms with Gasteiger partial charge >= 0.3 is 0 Å². The number of hydrogen-bond acceptors (Lipinski definition) is 1. The van der Waals surface area contributed by atoms with E-state index in [9.17, 15) is 4.79 Å². The first kappa shape index (κ1) is 17.3. The van der Waals surface area contributed by atoms with Crippen LogP contribution >= 0.6 is 11.6 Å². The largest absolute Gasteiger partial charge is 0.326 e. The van der Waals surface area contributed by atoms with E-state index in [1.54, 1.807) is 0 Å². The summed E-state index contributed by atoms with van der Waals surface area (Å²) in [5.41, 5.74) is 3.61. The van der Waals surface area contributed by atoms with Crippen LogP contribution in [0.2, 0.25) is 0 Å². The summed E-state index contributed by atoms with van der Waals surface area (Å²) >= 11 is 5.69. The monoisotopic (exact) mass is 321 g/mol. The smallest absolute Gasteiger partial charge is 0.224 e. The summed E-state index contributed by atoms with van der Waals surface area (Å²) in [5, 5.41) is 3.20. The lowest BCUT2D eigenvalue weighted by molar-refractivity contribution is -0.116. The van der Waals surface area contributed by atoms with E-state index in [1.807, 2.05) is 0 Å². The molecule has 2 rings (SSSR count). The van der Waals surface area contributed by atoms with Crippen molar-refractivity contribution in [2.75, 3.05) is 11.2 Å². The number of para-hydroxylation sites is 1. The first-order valence-electron chi connectivity index (χ1n) is 8.53. The third-order valence-corrected chi connectivity index (χ3v) is 4.89. The van der Waals surface area contributed by atoms with Crippen LogP contribution in [0.25, 0.3) is 0 Å². The van der Waals surface area contributed by atoms with Crippen molar-refractivity contribution in [2.45, 2.75) is 64.7 Å². The zero-order valence-electron chi connectivity index (χ0n) is 14.0. The van der Waals surface area contributed by atoms with Gasteiger partial charge in [-0.05, 0) is 54.6 Å². The van der Waals surface area contributed by atoms with Crippen LogP contribution in [0.1, 0.15) is 75.8 Å². The maximum Gasteiger partial charge on any atom is 0.224 e. The van der Waals surface area contributed by atoms with Crippen LogP contribution in [0.5, 0.6) is 0 Å². The molecule has 2 nitrogen and oxygen atoms in total. The van der Waals surface area contributed by atoms with Crippen molar-refractivity contribution in [1.82, 2.24) is 0 Å². The van der Waals surface area contributed by atoms with Crippen LogP contribution in [0.3, 0.4) is 0 Å². The molecule has 0 radical (unpaired) electrons. The van der Waals surface area contributed by atoms with Crippen molar-refractivity contribution in [1.29, 1.82) is 0 Å². The number of anilines is 1. The second-order valence-corrected chi connectivity index (χ2v) is 7.16. The summed E-state index contributed by atoms with van der Waals surface area (Å²) in [6.07, 6.45) is 4.93. The highest BCUT2D eigenvalue weighted by Crippen LogP contribution is 2.45. The summed E-state index contributed by atoms with van der Waals surface area (Å²) in [7, 11) is 0. The second kappa shape index (κ2) is 8.01. The van der Waals surface area contributed by atoms with Crippen molar-refractivity contribution in [3.05, 3.63) is 29.3 Å². The number of rotatable bonds is 8. The van der Waals surface area contributed by atoms with E-state index < -0.39 is 0 Å². The van der Waals surface area contributed by atoms with Gasteiger partial charge in [0.05, 0.1) is 0 Å². The molecule has 122 valence electrons. The molecule has 1 aromatic carbocycles. The van der Waals surface area contributed by atoms with E-state index in [2.05, 4.69) is 44.3 Å². The lowest BCUT2D eigenvalue weighted by Gasteiger charge is -2.22. The molecule has 0 saturated heterocycles. The molecular formula is C19H28ClNO. The fourth-order valence-corrected chi connectivity index (χ4v) is 3.21. The van der Waals surface area contributed by atoms with E-state index in [4.69, 9.17) is 11.6 Å². The molecule has 3 heteroatoms. The van der Waals surface area contributed by atoms with Crippen LogP contribution in [0, 0.1) is 5.92 Å². The normalized spacial score (nSPS) is 15.9. The fourth-order valence-electron chi connectivity index (χ4n) is 3.03. The minimum absolute atomic E-state index is 0.113. The Bertz CT molecular complexity index is 508. The average molecular weight is 322 g/mol. The highest BCUT2D eigenvalue weighted by molar-refractivity contribution is 6.17. The molecule has 0 unspecified atom stereocenters. The molecule has 0 bridgehead atoms. The lowest BCUT2D eigenvalue weighted by atomic mass is 9.89. The van der Waals surface area contributed by atoms with Crippen molar-refractivity contribution >= 4 is 23.2 Å². The number of alkyl halides is 1. The average Bonchev–Trinajstić information content (AvgIpc) is 3.31. The first-order chi connectivity index (χ1) is 10.5. The summed E-state index contributed by atoms with van der Waals surface area (Å²) in [4.78, 5) is 12.3. The van der Waals surface area contributed by atoms with Gasteiger partial charge in [0.2, 0.25) is 5.91 Å². The van der Waals surface area contributed by atoms with Gasteiger partial charge in [0.25, 0.3) is 0 Å². The molecule has 1 atom stereocenters. The topological polar surface area (TPSA) is 29.1 Å². The molecule has 22 heavy (non-hydrogen) atoms. The van der Waals surface area contributed by atoms with Gasteiger partial charge in [-0.2, -0.15) is 0 Å². The Hall–Kier alpha value is -1.02. The van der Waals surface area contributed by atoms with Gasteiger partial charge in [-0.3, -0.25) is 4.79 Å². The van der Waals surface area contributed by atoms with Gasteiger partial charge < -0.3 is 5.32 Å². The van der Waals surface area contributed by atoms with Crippen LogP contribution in [0.4, 0.5) is 5.69 Å². The van der Waals surface area contributed by atoms with Crippen molar-refractivity contribution in [2.24, 2.45) is 5.92 Å². The standard InChI is InChI=1S/C19H28ClNO/c1-13(2)16-7-6-8-17(14(3)15-10-11-15)19(16)21-18(22)9-4-5-12-20/h6-8,13-15H,4-5,9-12H2,1-3H3,(H,21,22)/t14-/m1/s1. The van der Waals surface area contributed by atoms with E-state index >= 15 is 0 Å². The first-order valence-corrected chi connectivity index (χ1v) is 9.06. The Morgan fingerprint density at radius 1 is 1.23 bits per heavy atom. The van der Waals surface area contributed by atoms with Gasteiger partial charge in [0.1, 0.15) is 0 Å². The Morgan fingerprint density at radius 3 is 2.50 bits per heavy atom. The zero-order valence-corrected chi connectivity index (χ0v) is 14.7. The number of halogens is 1. The van der Waals surface area contributed by atoms with Crippen LogP contribution in [-0.2, 0) is 4.79 Å². The lowest BCUT2D eigenvalue weighted by Crippen LogP contribution is -2.16. The molecule has 0 heterocycles. The Balaban J connectivity index is 2.19. The number of unbranched alkanes of at least 4 members (excludes halogenated alkanes) is 1. The molecule has 1 saturated carbocycles. The van der Waals surface area contributed by atoms with Gasteiger partial charge in [-0.1, -0.05) is 39.0 Å². The molecule has 1 N–H and O–H groups in total. The van der Waals surface area contributed by atoms with Crippen molar-refractivity contribution in [3.8, 4) is 0 Å². The summed E-state index contributed by atoms with van der Waals surface area (Å²) in [6, 6.07) is 6.46. The van der Waals surface area contributed by atoms with Gasteiger partial charge in [-0.25, -0.2) is 0 Å². The zero-order chi connectivity index (χ0) is 16.1. The number of hydrogen-bond donors (Lipinski definition) is 1. The maximum absolute atomic E-state index is 12.3. The third kappa shape index (κ3) is 4.49. The molecule has 1 amide bonds. The predicted octanol–water partition coefficient (Wildman–Crippen LogP) is 5.67. The molecule has 0 aliphatic heterocycles. The summed E-state index contributed by atoms with van der Waals surface area (Å²) < 4.78 is 0. The Morgan fingerprint density at radius 2 is 1.91 bits per heavy atom. The van der Waals surface area contributed by atoms with E-state index in [0.717, 1.165) is 24.4 Å². The summed E-state index contributed by atoms with van der Waals surface area (Å²) in [6.45, 7) is 6.66. The van der Waals surface area contributed by atoms with Gasteiger partial charge in [-0.15, -0.1) is 11.6 Å². The molecule has 1 fully saturated rings. The van der Waals surface area contributed by atoms with E-state index in [-0.39, 0.29) is 5.91 Å². The number of carbonyl (C=O) groups excluding carboxylic acids is 1. The van der Waals surface area contributed by atoms with Crippen LogP contribution in [0.15, 0.2) is 18.2 Å². The number of nitrogens with one attached hydrogen (secondary N) is 1. The minimum atomic E-state index is 0.113. The Kier molecular flexibility index (Phi) is 6.31. The van der Waals surface area contributed by atoms with Crippen molar-refractivity contribution < 1.29 is 4.79 Å². The quantitative estimate of drug-likeness (QED) is 0.485. The van der Waals surface area contributed by atoms with Gasteiger partial charge in [0, 0.05) is 18.0 Å². The number of carbonyl (C=O) groups is 1. The number of benzene rings is 1. The van der Waals surface area contributed by atoms with E-state index in [1.165, 1.54) is 24.0 Å². The molecule has 1 aromatic rings. The SMILES string of the molecule is CC(C)c1cccc([C@H](C)C2CC2)c1NC(=O)CCCCCl. The van der Waals surface area contributed by atoms with Crippen LogP contribution < -0.4 is 5.32 Å². The second-order valence-electron chi connectivity index (χ2n) is 6.79. The predicted molar refractivity (Wildman–Crippen MR) is 94.9 cm³/mol. The highest BCUT2D eigenvalue weighted by atomic mass is 35.5. The Labute approximate surface area is 139 Å². The molecule has 1 aliphatic carbocycles. The molecular weight excluding hydrogens is 294 g/mol. The molecule has 1 aliphatic rings. The summed E-state index contributed by atoms with van der Waals surface area (Å²) in [5.74, 6) is 2.46. The highest BCUT2D eigenvalue weighted by Gasteiger charge is 2.31. The fraction of sp³-hybridized carbons (Fsp3) is 0.632. The third-order valence-electron chi connectivity index (χ3n) is 4.62. The maximum atomic E-state index is 12.3. The molecule has 0 aromatic heterocycles. The van der Waals surface area contributed by atoms with Gasteiger partial charge in [0.15, 0.2) is 0 Å². The minimum Gasteiger partial charge on any atom is -0.326 e. The van der Waals surface area contributed by atoms with E-state index in [0.29, 0.717) is 24.1 Å². The number of amides is 1. The van der Waals surface area contributed by atoms with Crippen molar-refractivity contribution in [3.63, 3.8) is 0 Å². The molecule has 0 spiro atoms.